The minimum absolute atomic E-state index is 0.673. The Bertz CT molecular complexity index is 583. The number of likely N-dealkylation sites (tertiary alicyclic amines) is 1. The van der Waals surface area contributed by atoms with E-state index in [-0.39, 0.29) is 0 Å². The quantitative estimate of drug-likeness (QED) is 0.945. The van der Waals surface area contributed by atoms with Gasteiger partial charge >= 0.3 is 0 Å². The molecule has 0 aliphatic carbocycles. The van der Waals surface area contributed by atoms with Crippen molar-refractivity contribution in [3.05, 3.63) is 52.0 Å². The molecule has 3 rings (SSSR count). The Morgan fingerprint density at radius 3 is 2.76 bits per heavy atom. The van der Waals surface area contributed by atoms with E-state index in [1.807, 2.05) is 37.3 Å². The van der Waals surface area contributed by atoms with E-state index in [2.05, 4.69) is 15.3 Å². The van der Waals surface area contributed by atoms with Gasteiger partial charge in [-0.1, -0.05) is 30.3 Å². The molecule has 1 aromatic carbocycles. The van der Waals surface area contributed by atoms with Crippen LogP contribution in [0.3, 0.4) is 0 Å². The van der Waals surface area contributed by atoms with E-state index in [1.54, 1.807) is 11.3 Å². The first kappa shape index (κ1) is 14.7. The molecule has 0 amide bonds. The summed E-state index contributed by atoms with van der Waals surface area (Å²) < 4.78 is 0. The first-order chi connectivity index (χ1) is 10.2. The lowest BCUT2D eigenvalue weighted by molar-refractivity contribution is 0.0210. The molecule has 0 saturated carbocycles. The molecule has 2 aromatic rings. The molecule has 0 radical (unpaired) electrons. The summed E-state index contributed by atoms with van der Waals surface area (Å²) in [7, 11) is 0. The molecule has 1 saturated heterocycles. The lowest BCUT2D eigenvalue weighted by Crippen LogP contribution is -2.29. The normalized spacial score (nSPS) is 23.9. The van der Waals surface area contributed by atoms with E-state index >= 15 is 0 Å². The van der Waals surface area contributed by atoms with Crippen molar-refractivity contribution < 1.29 is 5.11 Å². The third-order valence-electron chi connectivity index (χ3n) is 4.27. The highest BCUT2D eigenvalue weighted by atomic mass is 32.1. The van der Waals surface area contributed by atoms with Gasteiger partial charge in [0.05, 0.1) is 16.3 Å². The van der Waals surface area contributed by atoms with Crippen LogP contribution in [0.4, 0.5) is 0 Å². The molecule has 21 heavy (non-hydrogen) atoms. The van der Waals surface area contributed by atoms with Crippen LogP contribution in [0.2, 0.25) is 0 Å². The molecule has 1 aromatic heterocycles. The van der Waals surface area contributed by atoms with Gasteiger partial charge in [-0.25, -0.2) is 4.98 Å². The molecule has 1 aliphatic rings. The SMILES string of the molecule is Cc1nc(CN2CCCC(O)(c3ccccc3)CC2)cs1. The number of hydrogen-bond acceptors (Lipinski definition) is 4. The summed E-state index contributed by atoms with van der Waals surface area (Å²) >= 11 is 1.71. The summed E-state index contributed by atoms with van der Waals surface area (Å²) in [5.41, 5.74) is 1.53. The first-order valence-corrected chi connectivity index (χ1v) is 8.45. The van der Waals surface area contributed by atoms with Crippen molar-refractivity contribution in [2.45, 2.75) is 38.3 Å². The van der Waals surface area contributed by atoms with Crippen molar-refractivity contribution in [1.29, 1.82) is 0 Å². The molecule has 1 aliphatic heterocycles. The van der Waals surface area contributed by atoms with Crippen LogP contribution in [0.25, 0.3) is 0 Å². The van der Waals surface area contributed by atoms with Gasteiger partial charge in [0.25, 0.3) is 0 Å². The summed E-state index contributed by atoms with van der Waals surface area (Å²) in [6, 6.07) is 10.1. The zero-order valence-corrected chi connectivity index (χ0v) is 13.3. The van der Waals surface area contributed by atoms with Crippen LogP contribution in [-0.2, 0) is 12.1 Å². The fraction of sp³-hybridized carbons (Fsp3) is 0.471. The van der Waals surface area contributed by atoms with E-state index in [4.69, 9.17) is 0 Å². The number of aromatic nitrogens is 1. The molecule has 1 unspecified atom stereocenters. The number of benzene rings is 1. The molecule has 3 nitrogen and oxygen atoms in total. The van der Waals surface area contributed by atoms with E-state index in [9.17, 15) is 5.11 Å². The molecule has 0 bridgehead atoms. The highest BCUT2D eigenvalue weighted by Crippen LogP contribution is 2.32. The molecule has 0 spiro atoms. The smallest absolute Gasteiger partial charge is 0.0909 e. The van der Waals surface area contributed by atoms with Crippen LogP contribution in [0.15, 0.2) is 35.7 Å². The Labute approximate surface area is 130 Å². The van der Waals surface area contributed by atoms with Crippen molar-refractivity contribution in [2.24, 2.45) is 0 Å². The van der Waals surface area contributed by atoms with Crippen molar-refractivity contribution in [3.63, 3.8) is 0 Å². The van der Waals surface area contributed by atoms with Gasteiger partial charge < -0.3 is 5.11 Å². The second-order valence-electron chi connectivity index (χ2n) is 5.89. The highest BCUT2D eigenvalue weighted by Gasteiger charge is 2.31. The maximum Gasteiger partial charge on any atom is 0.0909 e. The molecule has 4 heteroatoms. The fourth-order valence-corrected chi connectivity index (χ4v) is 3.68. The van der Waals surface area contributed by atoms with Gasteiger partial charge in [-0.2, -0.15) is 0 Å². The topological polar surface area (TPSA) is 36.4 Å². The van der Waals surface area contributed by atoms with Gasteiger partial charge in [-0.05, 0) is 38.3 Å². The number of thiazole rings is 1. The van der Waals surface area contributed by atoms with E-state index in [1.165, 1.54) is 0 Å². The van der Waals surface area contributed by atoms with Crippen molar-refractivity contribution >= 4 is 11.3 Å². The monoisotopic (exact) mass is 302 g/mol. The Balaban J connectivity index is 1.66. The van der Waals surface area contributed by atoms with Crippen molar-refractivity contribution in [2.75, 3.05) is 13.1 Å². The van der Waals surface area contributed by atoms with Crippen LogP contribution >= 0.6 is 11.3 Å². The molecular formula is C17H22N2OS. The molecule has 1 N–H and O–H groups in total. The Morgan fingerprint density at radius 2 is 2.05 bits per heavy atom. The standard InChI is InChI=1S/C17H22N2OS/c1-14-18-16(13-21-14)12-19-10-5-8-17(20,9-11-19)15-6-3-2-4-7-15/h2-4,6-7,13,20H,5,8-12H2,1H3. The number of nitrogens with zero attached hydrogens (tertiary/aromatic N) is 2. The van der Waals surface area contributed by atoms with Crippen LogP contribution in [0.5, 0.6) is 0 Å². The molecule has 1 fully saturated rings. The minimum atomic E-state index is -0.673. The first-order valence-electron chi connectivity index (χ1n) is 7.57. The lowest BCUT2D eigenvalue weighted by atomic mass is 9.87. The van der Waals surface area contributed by atoms with Gasteiger partial charge in [0, 0.05) is 18.5 Å². The van der Waals surface area contributed by atoms with Crippen molar-refractivity contribution in [3.8, 4) is 0 Å². The molecular weight excluding hydrogens is 280 g/mol. The Kier molecular flexibility index (Phi) is 4.38. The summed E-state index contributed by atoms with van der Waals surface area (Å²) in [4.78, 5) is 6.96. The second-order valence-corrected chi connectivity index (χ2v) is 6.95. The molecule has 2 heterocycles. The Morgan fingerprint density at radius 1 is 1.24 bits per heavy atom. The zero-order valence-electron chi connectivity index (χ0n) is 12.5. The largest absolute Gasteiger partial charge is 0.385 e. The number of rotatable bonds is 3. The predicted molar refractivity (Wildman–Crippen MR) is 86.3 cm³/mol. The molecule has 112 valence electrons. The summed E-state index contributed by atoms with van der Waals surface area (Å²) in [6.07, 6.45) is 2.65. The van der Waals surface area contributed by atoms with Crippen LogP contribution in [0.1, 0.15) is 35.5 Å². The highest BCUT2D eigenvalue weighted by molar-refractivity contribution is 7.09. The van der Waals surface area contributed by atoms with Crippen LogP contribution < -0.4 is 0 Å². The zero-order chi connectivity index (χ0) is 14.7. The second kappa shape index (κ2) is 6.26. The van der Waals surface area contributed by atoms with Crippen LogP contribution in [0, 0.1) is 6.92 Å². The fourth-order valence-electron chi connectivity index (χ4n) is 3.08. The summed E-state index contributed by atoms with van der Waals surface area (Å²) in [5, 5.41) is 14.2. The van der Waals surface area contributed by atoms with Gasteiger partial charge in [0.2, 0.25) is 0 Å². The summed E-state index contributed by atoms with van der Waals surface area (Å²) in [6.45, 7) is 4.90. The van der Waals surface area contributed by atoms with E-state index in [0.717, 1.165) is 55.2 Å². The summed E-state index contributed by atoms with van der Waals surface area (Å²) in [5.74, 6) is 0. The Hall–Kier alpha value is -1.23. The third-order valence-corrected chi connectivity index (χ3v) is 5.09. The average Bonchev–Trinajstić information content (AvgIpc) is 2.80. The van der Waals surface area contributed by atoms with Gasteiger partial charge in [-0.15, -0.1) is 11.3 Å². The number of hydrogen-bond donors (Lipinski definition) is 1. The molecule has 1 atom stereocenters. The predicted octanol–water partition coefficient (Wildman–Crippen LogP) is 3.33. The van der Waals surface area contributed by atoms with Crippen molar-refractivity contribution in [1.82, 2.24) is 9.88 Å². The van der Waals surface area contributed by atoms with Crippen LogP contribution in [-0.4, -0.2) is 28.1 Å². The maximum absolute atomic E-state index is 11.0. The van der Waals surface area contributed by atoms with E-state index < -0.39 is 5.60 Å². The van der Waals surface area contributed by atoms with Gasteiger partial charge in [-0.3, -0.25) is 4.90 Å². The third kappa shape index (κ3) is 3.51. The van der Waals surface area contributed by atoms with Gasteiger partial charge in [0.15, 0.2) is 0 Å². The number of aliphatic hydroxyl groups is 1. The lowest BCUT2D eigenvalue weighted by Gasteiger charge is -2.27. The van der Waals surface area contributed by atoms with E-state index in [0.29, 0.717) is 0 Å². The maximum atomic E-state index is 11.0. The van der Waals surface area contributed by atoms with Gasteiger partial charge in [0.1, 0.15) is 0 Å². The average molecular weight is 302 g/mol. The minimum Gasteiger partial charge on any atom is -0.385 e. The number of aryl methyl sites for hydroxylation is 1.